The minimum Gasteiger partial charge on any atom is -0.368 e. The maximum atomic E-state index is 10.7. The van der Waals surface area contributed by atoms with Gasteiger partial charge in [0.05, 0.1) is 6.04 Å². The smallest absolute Gasteiger partial charge is 0.234 e. The number of rotatable bonds is 5. The molecule has 1 atom stereocenters. The number of amides is 1. The van der Waals surface area contributed by atoms with Crippen molar-refractivity contribution in [3.05, 3.63) is 34.9 Å². The molecule has 1 aromatic carbocycles. The van der Waals surface area contributed by atoms with E-state index in [9.17, 15) is 4.79 Å². The summed E-state index contributed by atoms with van der Waals surface area (Å²) in [4.78, 5) is 10.7. The highest BCUT2D eigenvalue weighted by Gasteiger charge is 2.08. The predicted octanol–water partition coefficient (Wildman–Crippen LogP) is 1.48. The molecule has 0 radical (unpaired) electrons. The zero-order chi connectivity index (χ0) is 11.3. The van der Waals surface area contributed by atoms with Crippen molar-refractivity contribution in [2.75, 3.05) is 0 Å². The van der Waals surface area contributed by atoms with Gasteiger partial charge in [-0.1, -0.05) is 29.8 Å². The zero-order valence-electron chi connectivity index (χ0n) is 8.45. The number of benzene rings is 1. The van der Waals surface area contributed by atoms with Gasteiger partial charge in [-0.3, -0.25) is 4.79 Å². The highest BCUT2D eigenvalue weighted by molar-refractivity contribution is 6.31. The third-order valence-corrected chi connectivity index (χ3v) is 2.65. The quantitative estimate of drug-likeness (QED) is 0.799. The molecule has 0 aliphatic carbocycles. The second-order valence-corrected chi connectivity index (χ2v) is 3.90. The summed E-state index contributed by atoms with van der Waals surface area (Å²) in [5, 5.41) is 0.755. The van der Waals surface area contributed by atoms with E-state index in [1.165, 1.54) is 0 Å². The first-order valence-electron chi connectivity index (χ1n) is 4.89. The van der Waals surface area contributed by atoms with Gasteiger partial charge in [0.1, 0.15) is 0 Å². The molecule has 0 aromatic heterocycles. The number of carbonyl (C=O) groups is 1. The molecule has 0 aliphatic heterocycles. The summed E-state index contributed by atoms with van der Waals surface area (Å²) in [6.07, 6.45) is 2.23. The Balaban J connectivity index is 2.38. The molecule has 1 unspecified atom stereocenters. The molecule has 1 aromatic rings. The van der Waals surface area contributed by atoms with Crippen molar-refractivity contribution in [2.45, 2.75) is 25.3 Å². The fourth-order valence-corrected chi connectivity index (χ4v) is 1.59. The molecule has 0 fully saturated rings. The van der Waals surface area contributed by atoms with Crippen LogP contribution in [-0.2, 0) is 11.2 Å². The summed E-state index contributed by atoms with van der Waals surface area (Å²) in [7, 11) is 0. The van der Waals surface area contributed by atoms with Crippen molar-refractivity contribution >= 4 is 17.5 Å². The molecule has 0 saturated carbocycles. The lowest BCUT2D eigenvalue weighted by Crippen LogP contribution is -2.36. The van der Waals surface area contributed by atoms with Crippen molar-refractivity contribution in [3.8, 4) is 0 Å². The molecule has 82 valence electrons. The van der Waals surface area contributed by atoms with Gasteiger partial charge in [-0.25, -0.2) is 0 Å². The van der Waals surface area contributed by atoms with Crippen LogP contribution in [0, 0.1) is 0 Å². The molecule has 4 N–H and O–H groups in total. The predicted molar refractivity (Wildman–Crippen MR) is 61.6 cm³/mol. The first-order chi connectivity index (χ1) is 7.11. The van der Waals surface area contributed by atoms with E-state index in [0.29, 0.717) is 6.42 Å². The number of carbonyl (C=O) groups excluding carboxylic acids is 1. The standard InChI is InChI=1S/C11H15ClN2O/c12-9-6-2-1-4-8(9)5-3-7-10(13)11(14)15/h1-2,4,6,10H,3,5,7,13H2,(H2,14,15). The number of primary amides is 1. The van der Waals surface area contributed by atoms with E-state index in [1.54, 1.807) is 0 Å². The Morgan fingerprint density at radius 1 is 1.40 bits per heavy atom. The van der Waals surface area contributed by atoms with Crippen molar-refractivity contribution in [2.24, 2.45) is 11.5 Å². The third kappa shape index (κ3) is 3.90. The van der Waals surface area contributed by atoms with Gasteiger partial charge in [0.25, 0.3) is 0 Å². The van der Waals surface area contributed by atoms with E-state index >= 15 is 0 Å². The van der Waals surface area contributed by atoms with Crippen LogP contribution < -0.4 is 11.5 Å². The molecule has 15 heavy (non-hydrogen) atoms. The van der Waals surface area contributed by atoms with Crippen LogP contribution >= 0.6 is 11.6 Å². The van der Waals surface area contributed by atoms with Crippen LogP contribution in [0.4, 0.5) is 0 Å². The van der Waals surface area contributed by atoms with Gasteiger partial charge < -0.3 is 11.5 Å². The van der Waals surface area contributed by atoms with Gasteiger partial charge in [0.15, 0.2) is 0 Å². The van der Waals surface area contributed by atoms with E-state index < -0.39 is 11.9 Å². The van der Waals surface area contributed by atoms with E-state index in [-0.39, 0.29) is 0 Å². The summed E-state index contributed by atoms with van der Waals surface area (Å²) in [6.45, 7) is 0. The summed E-state index contributed by atoms with van der Waals surface area (Å²) in [5.41, 5.74) is 11.6. The maximum absolute atomic E-state index is 10.7. The minimum absolute atomic E-state index is 0.450. The molecule has 1 amide bonds. The monoisotopic (exact) mass is 226 g/mol. The van der Waals surface area contributed by atoms with Crippen molar-refractivity contribution in [1.82, 2.24) is 0 Å². The summed E-state index contributed by atoms with van der Waals surface area (Å²) < 4.78 is 0. The first-order valence-corrected chi connectivity index (χ1v) is 5.27. The maximum Gasteiger partial charge on any atom is 0.234 e. The number of halogens is 1. The SMILES string of the molecule is NC(=O)C(N)CCCc1ccccc1Cl. The molecule has 0 bridgehead atoms. The van der Waals surface area contributed by atoms with Crippen LogP contribution in [-0.4, -0.2) is 11.9 Å². The summed E-state index contributed by atoms with van der Waals surface area (Å²) in [6, 6.07) is 7.10. The fourth-order valence-electron chi connectivity index (χ4n) is 1.36. The van der Waals surface area contributed by atoms with Crippen LogP contribution in [0.25, 0.3) is 0 Å². The Labute approximate surface area is 94.4 Å². The second-order valence-electron chi connectivity index (χ2n) is 3.49. The largest absolute Gasteiger partial charge is 0.368 e. The van der Waals surface area contributed by atoms with Crippen molar-refractivity contribution < 1.29 is 4.79 Å². The number of hydrogen-bond donors (Lipinski definition) is 2. The third-order valence-electron chi connectivity index (χ3n) is 2.28. The zero-order valence-corrected chi connectivity index (χ0v) is 9.20. The average Bonchev–Trinajstić information content (AvgIpc) is 2.20. The average molecular weight is 227 g/mol. The molecule has 0 spiro atoms. The molecule has 0 aliphatic rings. The van der Waals surface area contributed by atoms with Gasteiger partial charge in [-0.2, -0.15) is 0 Å². The highest BCUT2D eigenvalue weighted by atomic mass is 35.5. The van der Waals surface area contributed by atoms with Gasteiger partial charge in [-0.05, 0) is 30.9 Å². The highest BCUT2D eigenvalue weighted by Crippen LogP contribution is 2.17. The molecule has 4 heteroatoms. The van der Waals surface area contributed by atoms with E-state index in [2.05, 4.69) is 0 Å². The Morgan fingerprint density at radius 3 is 2.67 bits per heavy atom. The van der Waals surface area contributed by atoms with E-state index in [0.717, 1.165) is 23.4 Å². The van der Waals surface area contributed by atoms with E-state index in [1.807, 2.05) is 24.3 Å². The van der Waals surface area contributed by atoms with E-state index in [4.69, 9.17) is 23.1 Å². The molecular formula is C11H15ClN2O. The lowest BCUT2D eigenvalue weighted by Gasteiger charge is -2.07. The number of nitrogens with two attached hydrogens (primary N) is 2. The lowest BCUT2D eigenvalue weighted by atomic mass is 10.0. The minimum atomic E-state index is -0.549. The van der Waals surface area contributed by atoms with Crippen LogP contribution in [0.1, 0.15) is 18.4 Å². The summed E-state index contributed by atoms with van der Waals surface area (Å²) in [5.74, 6) is -0.450. The van der Waals surface area contributed by atoms with Crippen LogP contribution in [0.3, 0.4) is 0 Å². The summed E-state index contributed by atoms with van der Waals surface area (Å²) >= 11 is 5.98. The number of hydrogen-bond acceptors (Lipinski definition) is 2. The molecule has 0 saturated heterocycles. The number of aryl methyl sites for hydroxylation is 1. The topological polar surface area (TPSA) is 69.1 Å². The molecule has 0 heterocycles. The molecular weight excluding hydrogens is 212 g/mol. The Morgan fingerprint density at radius 2 is 2.07 bits per heavy atom. The van der Waals surface area contributed by atoms with Gasteiger partial charge in [0.2, 0.25) is 5.91 Å². The fraction of sp³-hybridized carbons (Fsp3) is 0.364. The first kappa shape index (κ1) is 12.0. The molecule has 3 nitrogen and oxygen atoms in total. The Bertz CT molecular complexity index is 341. The molecule has 1 rings (SSSR count). The van der Waals surface area contributed by atoms with Gasteiger partial charge in [-0.15, -0.1) is 0 Å². The Kier molecular flexibility index (Phi) is 4.59. The van der Waals surface area contributed by atoms with Crippen LogP contribution in [0.2, 0.25) is 5.02 Å². The Hall–Kier alpha value is -1.06. The van der Waals surface area contributed by atoms with Crippen molar-refractivity contribution in [1.29, 1.82) is 0 Å². The van der Waals surface area contributed by atoms with Gasteiger partial charge >= 0.3 is 0 Å². The van der Waals surface area contributed by atoms with Crippen LogP contribution in [0.15, 0.2) is 24.3 Å². The van der Waals surface area contributed by atoms with Crippen LogP contribution in [0.5, 0.6) is 0 Å². The second kappa shape index (κ2) is 5.73. The normalized spacial score (nSPS) is 12.4. The lowest BCUT2D eigenvalue weighted by molar-refractivity contribution is -0.119. The van der Waals surface area contributed by atoms with Crippen molar-refractivity contribution in [3.63, 3.8) is 0 Å². The van der Waals surface area contributed by atoms with Gasteiger partial charge in [0, 0.05) is 5.02 Å².